The predicted molar refractivity (Wildman–Crippen MR) is 71.7 cm³/mol. The van der Waals surface area contributed by atoms with Gasteiger partial charge in [0, 0.05) is 16.9 Å². The maximum Gasteiger partial charge on any atom is 0.264 e. The van der Waals surface area contributed by atoms with Crippen LogP contribution in [-0.2, 0) is 4.79 Å². The molecule has 6 heteroatoms. The van der Waals surface area contributed by atoms with Gasteiger partial charge in [-0.2, -0.15) is 0 Å². The Morgan fingerprint density at radius 2 is 2.15 bits per heavy atom. The molecule has 6 nitrogen and oxygen atoms in total. The van der Waals surface area contributed by atoms with Gasteiger partial charge < -0.3 is 11.1 Å². The lowest BCUT2D eigenvalue weighted by atomic mass is 10.0. The Bertz CT molecular complexity index is 913. The summed E-state index contributed by atoms with van der Waals surface area (Å²) in [5, 5.41) is 2.03. The van der Waals surface area contributed by atoms with E-state index in [-0.39, 0.29) is 4.90 Å². The molecule has 1 saturated heterocycles. The van der Waals surface area contributed by atoms with Gasteiger partial charge in [0.2, 0.25) is 5.91 Å². The summed E-state index contributed by atoms with van der Waals surface area (Å²) in [6.07, 6.45) is -5.85. The van der Waals surface area contributed by atoms with Crippen LogP contribution in [0.4, 0.5) is 5.69 Å². The molecule has 3 N–H and O–H groups in total. The molecule has 3 amide bonds. The first-order valence-electron chi connectivity index (χ1n) is 9.04. The van der Waals surface area contributed by atoms with E-state index in [1.54, 1.807) is 0 Å². The Labute approximate surface area is 125 Å². The minimum absolute atomic E-state index is 0.192. The first-order valence-corrected chi connectivity index (χ1v) is 5.54. The molecule has 2 heterocycles. The van der Waals surface area contributed by atoms with Gasteiger partial charge in [0.1, 0.15) is 6.04 Å². The molecule has 1 aromatic carbocycles. The number of amides is 3. The maximum atomic E-state index is 12.8. The molecule has 0 aliphatic carbocycles. The lowest BCUT2D eigenvalue weighted by Crippen LogP contribution is -2.51. The first kappa shape index (κ1) is 6.69. The van der Waals surface area contributed by atoms with Crippen molar-refractivity contribution in [2.75, 3.05) is 5.73 Å². The van der Waals surface area contributed by atoms with Gasteiger partial charge in [-0.3, -0.25) is 19.3 Å². The molecule has 0 bridgehead atoms. The number of anilines is 1. The highest BCUT2D eigenvalue weighted by Gasteiger charge is 2.44. The maximum absolute atomic E-state index is 12.8. The van der Waals surface area contributed by atoms with Gasteiger partial charge in [-0.15, -0.1) is 0 Å². The van der Waals surface area contributed by atoms with E-state index in [0.717, 1.165) is 0 Å². The number of nitrogens with one attached hydrogen (secondary N) is 1. The van der Waals surface area contributed by atoms with E-state index in [2.05, 4.69) is 6.58 Å². The third-order valence-corrected chi connectivity index (χ3v) is 2.91. The molecule has 1 fully saturated rings. The molecule has 102 valence electrons. The summed E-state index contributed by atoms with van der Waals surface area (Å²) in [6, 6.07) is -4.31. The van der Waals surface area contributed by atoms with Crippen LogP contribution >= 0.6 is 0 Å². The van der Waals surface area contributed by atoms with Gasteiger partial charge in [-0.05, 0) is 24.8 Å². The van der Waals surface area contributed by atoms with Crippen LogP contribution in [0.5, 0.6) is 0 Å². The van der Waals surface area contributed by atoms with Crippen LogP contribution in [0.1, 0.15) is 43.1 Å². The molecular weight excluding hydrogens is 258 g/mol. The standard InChI is InChI=1S/C14H13N3O3/c1-7-5-6-10(12(18)16-7)17-13(19)8-3-2-4-9(15)11(8)14(17)20/h2-4,10H,1,5-6,15H2,(H,16,18)/t10-/m1/s1/i2D,3D,4D,5D2,6D2. The number of nitrogens with two attached hydrogens (primary N) is 1. The SMILES string of the molecule is [2H]c1c([2H])c(N)c2c(c1[2H])C(=O)N([C@H]1C(=O)NC(=C)C([2H])([2H])C1([2H])[2H])C2=O. The van der Waals surface area contributed by atoms with E-state index in [4.69, 9.17) is 15.3 Å². The summed E-state index contributed by atoms with van der Waals surface area (Å²) in [6.45, 7) is 3.27. The average molecular weight is 278 g/mol. The normalized spacial score (nSPS) is 32.1. The third kappa shape index (κ3) is 1.61. The van der Waals surface area contributed by atoms with Crippen molar-refractivity contribution in [2.45, 2.75) is 18.8 Å². The van der Waals surface area contributed by atoms with Crippen molar-refractivity contribution in [1.29, 1.82) is 0 Å². The van der Waals surface area contributed by atoms with E-state index < -0.39 is 77.1 Å². The minimum atomic E-state index is -3.04. The fourth-order valence-electron chi connectivity index (χ4n) is 2.02. The van der Waals surface area contributed by atoms with Crippen molar-refractivity contribution in [3.05, 3.63) is 41.5 Å². The second-order valence-electron chi connectivity index (χ2n) is 4.16. The van der Waals surface area contributed by atoms with Crippen molar-refractivity contribution in [2.24, 2.45) is 0 Å². The van der Waals surface area contributed by atoms with Gasteiger partial charge in [-0.1, -0.05) is 12.6 Å². The Morgan fingerprint density at radius 3 is 2.90 bits per heavy atom. The molecule has 2 aliphatic rings. The van der Waals surface area contributed by atoms with E-state index in [0.29, 0.717) is 0 Å². The zero-order valence-electron chi connectivity index (χ0n) is 17.0. The highest BCUT2D eigenvalue weighted by Crippen LogP contribution is 2.31. The monoisotopic (exact) mass is 278 g/mol. The Balaban J connectivity index is 2.23. The molecule has 0 unspecified atom stereocenters. The van der Waals surface area contributed by atoms with Crippen molar-refractivity contribution in [3.8, 4) is 0 Å². The molecule has 0 aromatic heterocycles. The van der Waals surface area contributed by atoms with Gasteiger partial charge >= 0.3 is 0 Å². The number of nitrogens with zero attached hydrogens (tertiary/aromatic N) is 1. The van der Waals surface area contributed by atoms with E-state index >= 15 is 0 Å². The zero-order valence-corrected chi connectivity index (χ0v) is 10.0. The Kier molecular flexibility index (Phi) is 1.40. The van der Waals surface area contributed by atoms with Crippen LogP contribution in [-0.4, -0.2) is 28.7 Å². The summed E-state index contributed by atoms with van der Waals surface area (Å²) < 4.78 is 55.1. The zero-order chi connectivity index (χ0) is 20.6. The highest BCUT2D eigenvalue weighted by atomic mass is 16.2. The number of carbonyl (C=O) groups is 3. The molecule has 2 aliphatic heterocycles. The molecule has 0 saturated carbocycles. The average Bonchev–Trinajstić information content (AvgIpc) is 2.81. The van der Waals surface area contributed by atoms with Crippen molar-refractivity contribution < 1.29 is 24.0 Å². The fourth-order valence-corrected chi connectivity index (χ4v) is 2.02. The molecule has 3 rings (SSSR count). The molecule has 0 radical (unpaired) electrons. The lowest BCUT2D eigenvalue weighted by molar-refractivity contribution is -0.125. The van der Waals surface area contributed by atoms with Gasteiger partial charge in [0.15, 0.2) is 0 Å². The van der Waals surface area contributed by atoms with Crippen LogP contribution in [0.2, 0.25) is 0 Å². The van der Waals surface area contributed by atoms with Crippen molar-refractivity contribution in [1.82, 2.24) is 10.2 Å². The Hall–Kier alpha value is -2.63. The summed E-state index contributed by atoms with van der Waals surface area (Å²) in [7, 11) is 0. The second-order valence-corrected chi connectivity index (χ2v) is 4.16. The molecular formula is C14H13N3O3. The van der Waals surface area contributed by atoms with Crippen molar-refractivity contribution >= 4 is 23.4 Å². The number of rotatable bonds is 1. The van der Waals surface area contributed by atoms with Crippen LogP contribution < -0.4 is 11.1 Å². The largest absolute Gasteiger partial charge is 0.398 e. The van der Waals surface area contributed by atoms with E-state index in [1.807, 2.05) is 5.32 Å². The van der Waals surface area contributed by atoms with E-state index in [9.17, 15) is 14.4 Å². The topological polar surface area (TPSA) is 92.5 Å². The number of carbonyl (C=O) groups excluding carboxylic acids is 3. The number of hydrogen-bond acceptors (Lipinski definition) is 4. The highest BCUT2D eigenvalue weighted by molar-refractivity contribution is 6.25. The summed E-state index contributed by atoms with van der Waals surface area (Å²) in [5.41, 5.74) is 3.36. The molecule has 0 spiro atoms. The van der Waals surface area contributed by atoms with Gasteiger partial charge in [-0.25, -0.2) is 0 Å². The number of hydrogen-bond donors (Lipinski definition) is 2. The number of piperidine rings is 1. The number of allylic oxidation sites excluding steroid dienone is 1. The van der Waals surface area contributed by atoms with Crippen LogP contribution in [0, 0.1) is 0 Å². The summed E-state index contributed by atoms with van der Waals surface area (Å²) in [5.74, 6) is -3.66. The number of fused-ring (bicyclic) bond motifs is 1. The Morgan fingerprint density at radius 1 is 1.40 bits per heavy atom. The number of nitrogen functional groups attached to an aromatic ring is 1. The van der Waals surface area contributed by atoms with Gasteiger partial charge in [0.25, 0.3) is 11.8 Å². The van der Waals surface area contributed by atoms with Crippen LogP contribution in [0.15, 0.2) is 30.4 Å². The lowest BCUT2D eigenvalue weighted by Gasteiger charge is -2.29. The quantitative estimate of drug-likeness (QED) is 0.583. The predicted octanol–water partition coefficient (Wildman–Crippen LogP) is 0.657. The number of imide groups is 1. The van der Waals surface area contributed by atoms with Crippen LogP contribution in [0.25, 0.3) is 0 Å². The second kappa shape index (κ2) is 4.19. The smallest absolute Gasteiger partial charge is 0.264 e. The minimum Gasteiger partial charge on any atom is -0.398 e. The molecule has 20 heavy (non-hydrogen) atoms. The van der Waals surface area contributed by atoms with Crippen molar-refractivity contribution in [3.63, 3.8) is 0 Å². The van der Waals surface area contributed by atoms with Gasteiger partial charge in [0.05, 0.1) is 15.2 Å². The number of benzene rings is 1. The fraction of sp³-hybridized carbons (Fsp3) is 0.214. The molecule has 1 aromatic rings. The molecule has 1 atom stereocenters. The third-order valence-electron chi connectivity index (χ3n) is 2.91. The van der Waals surface area contributed by atoms with Crippen LogP contribution in [0.3, 0.4) is 0 Å². The first-order chi connectivity index (χ1) is 12.3. The summed E-state index contributed by atoms with van der Waals surface area (Å²) >= 11 is 0. The summed E-state index contributed by atoms with van der Waals surface area (Å²) in [4.78, 5) is 38.1. The van der Waals surface area contributed by atoms with E-state index in [1.165, 1.54) is 0 Å².